The van der Waals surface area contributed by atoms with Crippen molar-refractivity contribution >= 4 is 11.6 Å². The number of hydrogen-bond acceptors (Lipinski definition) is 2. The summed E-state index contributed by atoms with van der Waals surface area (Å²) in [6.45, 7) is 5.11. The molecular weight excluding hydrogens is 226 g/mol. The second-order valence-electron chi connectivity index (χ2n) is 5.22. The summed E-state index contributed by atoms with van der Waals surface area (Å²) in [4.78, 5) is 12.2. The summed E-state index contributed by atoms with van der Waals surface area (Å²) in [5, 5.41) is 3.10. The Hall–Kier alpha value is -1.45. The van der Waals surface area contributed by atoms with Crippen LogP contribution in [0.5, 0.6) is 0 Å². The van der Waals surface area contributed by atoms with Crippen LogP contribution in [0.1, 0.15) is 50.0 Å². The van der Waals surface area contributed by atoms with Crippen LogP contribution in [0.2, 0.25) is 0 Å². The van der Waals surface area contributed by atoms with Gasteiger partial charge in [0, 0.05) is 18.8 Å². The van der Waals surface area contributed by atoms with E-state index in [0.717, 1.165) is 19.4 Å². The van der Waals surface area contributed by atoms with Crippen molar-refractivity contribution in [3.05, 3.63) is 18.0 Å². The number of nitrogens with two attached hydrogens (primary N) is 1. The minimum Gasteiger partial charge on any atom is -0.397 e. The van der Waals surface area contributed by atoms with Crippen molar-refractivity contribution in [2.24, 2.45) is 5.92 Å². The summed E-state index contributed by atoms with van der Waals surface area (Å²) in [5.74, 6) is 0.703. The van der Waals surface area contributed by atoms with Crippen LogP contribution in [0.15, 0.2) is 12.3 Å². The minimum absolute atomic E-state index is 0.0174. The predicted molar refractivity (Wildman–Crippen MR) is 73.4 cm³/mol. The molecule has 1 aliphatic carbocycles. The van der Waals surface area contributed by atoms with E-state index in [0.29, 0.717) is 23.3 Å². The van der Waals surface area contributed by atoms with E-state index < -0.39 is 0 Å². The highest BCUT2D eigenvalue weighted by molar-refractivity contribution is 5.94. The van der Waals surface area contributed by atoms with Gasteiger partial charge in [0.1, 0.15) is 5.69 Å². The predicted octanol–water partition coefficient (Wildman–Crippen LogP) is 2.40. The monoisotopic (exact) mass is 249 g/mol. The molecule has 1 aromatic rings. The molecule has 2 atom stereocenters. The van der Waals surface area contributed by atoms with Gasteiger partial charge in [-0.3, -0.25) is 4.79 Å². The van der Waals surface area contributed by atoms with Crippen molar-refractivity contribution in [1.29, 1.82) is 0 Å². The molecule has 0 saturated heterocycles. The van der Waals surface area contributed by atoms with Gasteiger partial charge in [-0.2, -0.15) is 0 Å². The zero-order valence-electron chi connectivity index (χ0n) is 11.3. The first kappa shape index (κ1) is 13.0. The summed E-state index contributed by atoms with van der Waals surface area (Å²) in [7, 11) is 0. The van der Waals surface area contributed by atoms with Crippen LogP contribution < -0.4 is 11.1 Å². The number of aromatic nitrogens is 1. The number of nitrogens with one attached hydrogen (secondary N) is 1. The number of nitrogen functional groups attached to an aromatic ring is 1. The van der Waals surface area contributed by atoms with Crippen LogP contribution in [0.25, 0.3) is 0 Å². The van der Waals surface area contributed by atoms with Crippen molar-refractivity contribution in [2.45, 2.75) is 52.1 Å². The Morgan fingerprint density at radius 3 is 2.94 bits per heavy atom. The number of carbonyl (C=O) groups is 1. The molecule has 2 rings (SSSR count). The Labute approximate surface area is 109 Å². The van der Waals surface area contributed by atoms with Crippen molar-refractivity contribution in [2.75, 3.05) is 5.73 Å². The number of anilines is 1. The molecule has 0 aliphatic heterocycles. The largest absolute Gasteiger partial charge is 0.397 e. The van der Waals surface area contributed by atoms with Crippen LogP contribution in [0, 0.1) is 5.92 Å². The van der Waals surface area contributed by atoms with Gasteiger partial charge in [0.25, 0.3) is 5.91 Å². The molecule has 1 fully saturated rings. The molecule has 3 N–H and O–H groups in total. The average Bonchev–Trinajstić information content (AvgIpc) is 2.92. The second kappa shape index (κ2) is 5.46. The smallest absolute Gasteiger partial charge is 0.268 e. The molecule has 0 aromatic carbocycles. The van der Waals surface area contributed by atoms with Gasteiger partial charge in [-0.25, -0.2) is 0 Å². The molecule has 100 valence electrons. The molecule has 1 aliphatic rings. The lowest BCUT2D eigenvalue weighted by molar-refractivity contribution is 0.0939. The van der Waals surface area contributed by atoms with Gasteiger partial charge < -0.3 is 15.6 Å². The van der Waals surface area contributed by atoms with Crippen LogP contribution in [0.3, 0.4) is 0 Å². The lowest BCUT2D eigenvalue weighted by atomic mass is 10.2. The summed E-state index contributed by atoms with van der Waals surface area (Å²) in [5.41, 5.74) is 7.12. The first-order valence-corrected chi connectivity index (χ1v) is 6.92. The molecule has 4 heteroatoms. The topological polar surface area (TPSA) is 60.1 Å². The molecule has 2 unspecified atom stereocenters. The first-order valence-electron chi connectivity index (χ1n) is 6.92. The van der Waals surface area contributed by atoms with Gasteiger partial charge in [0.15, 0.2) is 0 Å². The van der Waals surface area contributed by atoms with E-state index in [1.807, 2.05) is 10.8 Å². The van der Waals surface area contributed by atoms with Crippen LogP contribution in [-0.4, -0.2) is 16.5 Å². The van der Waals surface area contributed by atoms with E-state index in [4.69, 9.17) is 5.73 Å². The summed E-state index contributed by atoms with van der Waals surface area (Å²) >= 11 is 0. The van der Waals surface area contributed by atoms with E-state index in [1.54, 1.807) is 6.07 Å². The summed E-state index contributed by atoms with van der Waals surface area (Å²) < 4.78 is 1.95. The normalized spacial score (nSPS) is 21.9. The molecule has 0 spiro atoms. The van der Waals surface area contributed by atoms with Crippen LogP contribution >= 0.6 is 0 Å². The molecule has 1 aromatic heterocycles. The van der Waals surface area contributed by atoms with Gasteiger partial charge in [-0.05, 0) is 31.2 Å². The summed E-state index contributed by atoms with van der Waals surface area (Å²) in [6.07, 6.45) is 6.37. The van der Waals surface area contributed by atoms with Gasteiger partial charge in [0.05, 0.1) is 5.69 Å². The van der Waals surface area contributed by atoms with Crippen molar-refractivity contribution < 1.29 is 4.79 Å². The third-order valence-electron chi connectivity index (χ3n) is 3.51. The number of amides is 1. The lowest BCUT2D eigenvalue weighted by Gasteiger charge is -2.08. The van der Waals surface area contributed by atoms with E-state index >= 15 is 0 Å². The number of aryl methyl sites for hydroxylation is 1. The SMILES string of the molecule is CCCC1CC1NC(=O)c1cc(N)cn1CCC. The zero-order valence-corrected chi connectivity index (χ0v) is 11.3. The second-order valence-corrected chi connectivity index (χ2v) is 5.22. The third-order valence-corrected chi connectivity index (χ3v) is 3.51. The lowest BCUT2D eigenvalue weighted by Crippen LogP contribution is -2.28. The fraction of sp³-hybridized carbons (Fsp3) is 0.643. The van der Waals surface area contributed by atoms with Crippen molar-refractivity contribution in [3.8, 4) is 0 Å². The van der Waals surface area contributed by atoms with Crippen LogP contribution in [0.4, 0.5) is 5.69 Å². The number of rotatable bonds is 6. The zero-order chi connectivity index (χ0) is 13.1. The van der Waals surface area contributed by atoms with E-state index in [9.17, 15) is 4.79 Å². The van der Waals surface area contributed by atoms with Crippen molar-refractivity contribution in [3.63, 3.8) is 0 Å². The van der Waals surface area contributed by atoms with Gasteiger partial charge in [-0.15, -0.1) is 0 Å². The molecule has 0 radical (unpaired) electrons. The Balaban J connectivity index is 1.96. The molecule has 18 heavy (non-hydrogen) atoms. The summed E-state index contributed by atoms with van der Waals surface area (Å²) in [6, 6.07) is 2.14. The van der Waals surface area contributed by atoms with Crippen LogP contribution in [-0.2, 0) is 6.54 Å². The highest BCUT2D eigenvalue weighted by Crippen LogP contribution is 2.34. The quantitative estimate of drug-likeness (QED) is 0.813. The molecule has 1 amide bonds. The Morgan fingerprint density at radius 1 is 1.50 bits per heavy atom. The maximum absolute atomic E-state index is 12.2. The fourth-order valence-electron chi connectivity index (χ4n) is 2.51. The molecule has 1 saturated carbocycles. The van der Waals surface area contributed by atoms with E-state index in [1.165, 1.54) is 12.8 Å². The Bertz CT molecular complexity index is 425. The number of carbonyl (C=O) groups excluding carboxylic acids is 1. The minimum atomic E-state index is 0.0174. The first-order chi connectivity index (χ1) is 8.65. The highest BCUT2D eigenvalue weighted by atomic mass is 16.2. The molecule has 1 heterocycles. The highest BCUT2D eigenvalue weighted by Gasteiger charge is 2.37. The van der Waals surface area contributed by atoms with Crippen molar-refractivity contribution in [1.82, 2.24) is 9.88 Å². The fourth-order valence-corrected chi connectivity index (χ4v) is 2.51. The average molecular weight is 249 g/mol. The maximum Gasteiger partial charge on any atom is 0.268 e. The molecule has 0 bridgehead atoms. The Morgan fingerprint density at radius 2 is 2.28 bits per heavy atom. The molecular formula is C14H23N3O. The number of hydrogen-bond donors (Lipinski definition) is 2. The van der Waals surface area contributed by atoms with E-state index in [-0.39, 0.29) is 5.91 Å². The Kier molecular flexibility index (Phi) is 3.94. The van der Waals surface area contributed by atoms with Gasteiger partial charge in [-0.1, -0.05) is 20.3 Å². The van der Waals surface area contributed by atoms with E-state index in [2.05, 4.69) is 19.2 Å². The number of nitrogens with zero attached hydrogens (tertiary/aromatic N) is 1. The van der Waals surface area contributed by atoms with Gasteiger partial charge in [0.2, 0.25) is 0 Å². The maximum atomic E-state index is 12.2. The molecule has 4 nitrogen and oxygen atoms in total. The standard InChI is InChI=1S/C14H23N3O/c1-3-5-10-7-12(10)16-14(18)13-8-11(15)9-17(13)6-4-2/h8-10,12H,3-7,15H2,1-2H3,(H,16,18). The van der Waals surface area contributed by atoms with Gasteiger partial charge >= 0.3 is 0 Å². The third kappa shape index (κ3) is 2.86.